The molecule has 0 rings (SSSR count). The van der Waals surface area contributed by atoms with Crippen LogP contribution in [0.2, 0.25) is 0 Å². The van der Waals surface area contributed by atoms with Gasteiger partial charge < -0.3 is 29.9 Å². The lowest BCUT2D eigenvalue weighted by Gasteiger charge is -2.41. The number of hydrogen-bond donors (Lipinski definition) is 4. The van der Waals surface area contributed by atoms with Gasteiger partial charge in [0, 0.05) is 6.42 Å². The molecule has 50 heavy (non-hydrogen) atoms. The summed E-state index contributed by atoms with van der Waals surface area (Å²) in [6.07, 6.45) is 33.3. The lowest BCUT2D eigenvalue weighted by Crippen LogP contribution is -2.51. The molecule has 0 aromatic rings. The minimum atomic E-state index is -1.18. The Morgan fingerprint density at radius 2 is 0.780 bits per heavy atom. The maximum absolute atomic E-state index is 11.3. The Bertz CT molecular complexity index is 723. The van der Waals surface area contributed by atoms with Crippen molar-refractivity contribution in [3.63, 3.8) is 0 Å². The van der Waals surface area contributed by atoms with E-state index < -0.39 is 17.0 Å². The lowest BCUT2D eigenvalue weighted by molar-refractivity contribution is -0.243. The SMILES string of the molecule is CCCCCCC(O)CCCCCCCCCCC(C)(O)OC(C)COC(C)(C)C(C)(O)CCCCCCCCCCC(O)CCCCCC. The zero-order chi connectivity index (χ0) is 37.6. The lowest BCUT2D eigenvalue weighted by atomic mass is 9.83. The average Bonchev–Trinajstić information content (AvgIpc) is 3.05. The van der Waals surface area contributed by atoms with Crippen molar-refractivity contribution in [2.24, 2.45) is 0 Å². The van der Waals surface area contributed by atoms with Gasteiger partial charge in [0.15, 0.2) is 5.79 Å². The van der Waals surface area contributed by atoms with Gasteiger partial charge in [0.25, 0.3) is 0 Å². The molecule has 0 fully saturated rings. The van der Waals surface area contributed by atoms with Crippen molar-refractivity contribution in [2.45, 2.75) is 276 Å². The molecule has 0 heterocycles. The summed E-state index contributed by atoms with van der Waals surface area (Å²) in [7, 11) is 0. The maximum Gasteiger partial charge on any atom is 0.163 e. The third kappa shape index (κ3) is 29.2. The summed E-state index contributed by atoms with van der Waals surface area (Å²) in [5.74, 6) is -1.18. The Balaban J connectivity index is 3.93. The molecule has 0 saturated carbocycles. The first-order valence-electron chi connectivity index (χ1n) is 21.9. The van der Waals surface area contributed by atoms with Gasteiger partial charge in [-0.3, -0.25) is 0 Å². The van der Waals surface area contributed by atoms with Crippen LogP contribution in [-0.2, 0) is 9.47 Å². The van der Waals surface area contributed by atoms with Crippen LogP contribution in [0.4, 0.5) is 0 Å². The van der Waals surface area contributed by atoms with E-state index in [4.69, 9.17) is 9.47 Å². The molecule has 4 N–H and O–H groups in total. The first-order chi connectivity index (χ1) is 23.8. The molecule has 0 aliphatic carbocycles. The molecule has 0 aromatic heterocycles. The molecule has 302 valence electrons. The summed E-state index contributed by atoms with van der Waals surface area (Å²) in [4.78, 5) is 0. The molecule has 6 nitrogen and oxygen atoms in total. The molecule has 5 unspecified atom stereocenters. The second-order valence-electron chi connectivity index (χ2n) is 16.9. The van der Waals surface area contributed by atoms with Gasteiger partial charge in [-0.15, -0.1) is 0 Å². The third-order valence-corrected chi connectivity index (χ3v) is 11.1. The quantitative estimate of drug-likeness (QED) is 0.0375. The fraction of sp³-hybridized carbons (Fsp3) is 1.00. The standard InChI is InChI=1S/C44H90O6/c1-8-10-12-26-32-40(45)34-28-22-18-14-16-20-24-30-36-43(6,47)42(4,5)49-38-39(3)50-44(7,48)37-31-25-21-17-15-19-23-29-35-41(46)33-27-13-11-9-2/h39-41,45-48H,8-38H2,1-7H3. The highest BCUT2D eigenvalue weighted by molar-refractivity contribution is 4.91. The minimum absolute atomic E-state index is 0.105. The number of unbranched alkanes of at least 4 members (excludes halogenated alkanes) is 20. The Hall–Kier alpha value is -0.240. The van der Waals surface area contributed by atoms with Crippen LogP contribution in [0.1, 0.15) is 241 Å². The van der Waals surface area contributed by atoms with Crippen molar-refractivity contribution >= 4 is 0 Å². The molecule has 0 amide bonds. The van der Waals surface area contributed by atoms with Crippen LogP contribution in [-0.4, -0.2) is 62.3 Å². The highest BCUT2D eigenvalue weighted by Crippen LogP contribution is 2.32. The topological polar surface area (TPSA) is 99.4 Å². The molecular weight excluding hydrogens is 624 g/mol. The summed E-state index contributed by atoms with van der Waals surface area (Å²) in [5, 5.41) is 42.4. The molecule has 0 saturated heterocycles. The third-order valence-electron chi connectivity index (χ3n) is 11.1. The molecule has 5 atom stereocenters. The van der Waals surface area contributed by atoms with Crippen LogP contribution < -0.4 is 0 Å². The molecule has 0 aliphatic rings. The number of ether oxygens (including phenoxy) is 2. The van der Waals surface area contributed by atoms with E-state index in [-0.39, 0.29) is 18.3 Å². The predicted octanol–water partition coefficient (Wildman–Crippen LogP) is 12.1. The van der Waals surface area contributed by atoms with Crippen molar-refractivity contribution in [1.29, 1.82) is 0 Å². The molecule has 0 aliphatic heterocycles. The van der Waals surface area contributed by atoms with Crippen LogP contribution in [0, 0.1) is 0 Å². The Kier molecular flexibility index (Phi) is 31.0. The van der Waals surface area contributed by atoms with Gasteiger partial charge in [0.1, 0.15) is 0 Å². The highest BCUT2D eigenvalue weighted by Gasteiger charge is 2.40. The zero-order valence-corrected chi connectivity index (χ0v) is 34.8. The highest BCUT2D eigenvalue weighted by atomic mass is 16.6. The van der Waals surface area contributed by atoms with Crippen LogP contribution >= 0.6 is 0 Å². The Morgan fingerprint density at radius 3 is 1.16 bits per heavy atom. The van der Waals surface area contributed by atoms with Gasteiger partial charge in [0.05, 0.1) is 36.1 Å². The Morgan fingerprint density at radius 1 is 0.460 bits per heavy atom. The number of rotatable bonds is 38. The van der Waals surface area contributed by atoms with Gasteiger partial charge in [0.2, 0.25) is 0 Å². The summed E-state index contributed by atoms with van der Waals surface area (Å²) in [6, 6.07) is 0. The molecule has 0 bridgehead atoms. The van der Waals surface area contributed by atoms with Crippen LogP contribution in [0.5, 0.6) is 0 Å². The van der Waals surface area contributed by atoms with E-state index in [1.807, 2.05) is 27.7 Å². The Labute approximate surface area is 312 Å². The second-order valence-corrected chi connectivity index (χ2v) is 16.9. The second kappa shape index (κ2) is 31.1. The zero-order valence-electron chi connectivity index (χ0n) is 34.8. The molecule has 0 radical (unpaired) electrons. The normalized spacial score (nSPS) is 16.6. The molecule has 0 spiro atoms. The van der Waals surface area contributed by atoms with Gasteiger partial charge in [-0.1, -0.05) is 162 Å². The average molecular weight is 715 g/mol. The minimum Gasteiger partial charge on any atom is -0.393 e. The van der Waals surface area contributed by atoms with Crippen molar-refractivity contribution in [3.05, 3.63) is 0 Å². The first-order valence-corrected chi connectivity index (χ1v) is 21.9. The van der Waals surface area contributed by atoms with E-state index in [1.165, 1.54) is 103 Å². The van der Waals surface area contributed by atoms with Crippen molar-refractivity contribution < 1.29 is 29.9 Å². The summed E-state index contributed by atoms with van der Waals surface area (Å²) < 4.78 is 12.2. The van der Waals surface area contributed by atoms with Crippen molar-refractivity contribution in [1.82, 2.24) is 0 Å². The van der Waals surface area contributed by atoms with Gasteiger partial charge in [-0.05, 0) is 73.1 Å². The van der Waals surface area contributed by atoms with Crippen LogP contribution in [0.15, 0.2) is 0 Å². The van der Waals surface area contributed by atoms with E-state index in [0.717, 1.165) is 77.0 Å². The first kappa shape index (κ1) is 49.8. The van der Waals surface area contributed by atoms with Gasteiger partial charge in [-0.25, -0.2) is 0 Å². The van der Waals surface area contributed by atoms with Gasteiger partial charge >= 0.3 is 0 Å². The summed E-state index contributed by atoms with van der Waals surface area (Å²) in [5.41, 5.74) is -1.66. The fourth-order valence-corrected chi connectivity index (χ4v) is 7.01. The smallest absolute Gasteiger partial charge is 0.163 e. The molecular formula is C44H90O6. The number of aliphatic hydroxyl groups excluding tert-OH is 2. The van der Waals surface area contributed by atoms with E-state index in [9.17, 15) is 20.4 Å². The van der Waals surface area contributed by atoms with Crippen molar-refractivity contribution in [2.75, 3.05) is 6.61 Å². The largest absolute Gasteiger partial charge is 0.393 e. The summed E-state index contributed by atoms with van der Waals surface area (Å²) in [6.45, 7) is 14.3. The van der Waals surface area contributed by atoms with E-state index in [1.54, 1.807) is 6.92 Å². The van der Waals surface area contributed by atoms with E-state index in [0.29, 0.717) is 19.4 Å². The number of hydrogen-bond acceptors (Lipinski definition) is 6. The summed E-state index contributed by atoms with van der Waals surface area (Å²) >= 11 is 0. The molecule has 0 aromatic carbocycles. The number of aliphatic hydroxyl groups is 4. The van der Waals surface area contributed by atoms with E-state index >= 15 is 0 Å². The maximum atomic E-state index is 11.3. The molecule has 6 heteroatoms. The fourth-order valence-electron chi connectivity index (χ4n) is 7.01. The van der Waals surface area contributed by atoms with Gasteiger partial charge in [-0.2, -0.15) is 0 Å². The predicted molar refractivity (Wildman–Crippen MR) is 214 cm³/mol. The van der Waals surface area contributed by atoms with Crippen LogP contribution in [0.3, 0.4) is 0 Å². The monoisotopic (exact) mass is 715 g/mol. The van der Waals surface area contributed by atoms with Crippen LogP contribution in [0.25, 0.3) is 0 Å². The van der Waals surface area contributed by atoms with E-state index in [2.05, 4.69) is 13.8 Å². The van der Waals surface area contributed by atoms with Crippen molar-refractivity contribution in [3.8, 4) is 0 Å².